The van der Waals surface area contributed by atoms with Gasteiger partial charge in [0.25, 0.3) is 0 Å². The topological polar surface area (TPSA) is 87.7 Å². The Kier molecular flexibility index (Phi) is 8.56. The van der Waals surface area contributed by atoms with E-state index >= 15 is 0 Å². The Morgan fingerprint density at radius 1 is 1.11 bits per heavy atom. The second kappa shape index (κ2) is 11.8. The summed E-state index contributed by atoms with van der Waals surface area (Å²) in [7, 11) is 1.72. The van der Waals surface area contributed by atoms with Crippen LogP contribution in [0.3, 0.4) is 0 Å². The molecule has 0 saturated carbocycles. The maximum Gasteiger partial charge on any atom is 0.242 e. The van der Waals surface area contributed by atoms with Gasteiger partial charge in [-0.05, 0) is 70.3 Å². The Morgan fingerprint density at radius 2 is 1.95 bits per heavy atom. The molecule has 37 heavy (non-hydrogen) atoms. The minimum absolute atomic E-state index is 0.190. The van der Waals surface area contributed by atoms with Crippen molar-refractivity contribution in [2.45, 2.75) is 46.1 Å². The van der Waals surface area contributed by atoms with E-state index < -0.39 is 5.41 Å². The van der Waals surface area contributed by atoms with E-state index in [1.165, 1.54) is 10.4 Å². The van der Waals surface area contributed by atoms with E-state index in [-0.39, 0.29) is 17.9 Å². The second-order valence-corrected chi connectivity index (χ2v) is 10.6. The van der Waals surface area contributed by atoms with Crippen molar-refractivity contribution in [3.8, 4) is 5.75 Å². The summed E-state index contributed by atoms with van der Waals surface area (Å²) in [6, 6.07) is 9.89. The lowest BCUT2D eigenvalue weighted by molar-refractivity contribution is -0.137. The number of nitrogens with zero attached hydrogens (tertiary/aromatic N) is 4. The predicted octanol–water partition coefficient (Wildman–Crippen LogP) is 4.63. The Labute approximate surface area is 222 Å². The fourth-order valence-corrected chi connectivity index (χ4v) is 5.34. The summed E-state index contributed by atoms with van der Waals surface area (Å²) in [4.78, 5) is 39.0. The molecule has 0 spiro atoms. The number of thiazole rings is 1. The number of benzene rings is 1. The Hall–Kier alpha value is -3.30. The molecule has 1 aliphatic rings. The summed E-state index contributed by atoms with van der Waals surface area (Å²) in [5, 5.41) is 3.65. The molecule has 2 amide bonds. The third-order valence-electron chi connectivity index (χ3n) is 6.75. The Morgan fingerprint density at radius 3 is 2.65 bits per heavy atom. The molecule has 8 nitrogen and oxygen atoms in total. The second-order valence-electron chi connectivity index (χ2n) is 9.70. The molecule has 1 aliphatic heterocycles. The minimum atomic E-state index is -1.12. The van der Waals surface area contributed by atoms with Crippen LogP contribution in [0.25, 0.3) is 0 Å². The van der Waals surface area contributed by atoms with E-state index in [1.54, 1.807) is 48.2 Å². The largest absolute Gasteiger partial charge is 0.493 e. The number of aromatic nitrogens is 2. The molecule has 1 N–H and O–H groups in total. The number of nitrogens with one attached hydrogen (secondary N) is 1. The standard InChI is InChI=1S/C28H35N5O3S/c1-5-33-23-12-10-21(16-24(23)32(4)26(34)28(2,3)27(33)35)36-15-7-14-31-22(25-18-30-19-37-25)11-9-20-8-6-13-29-17-20/h6,8,10,12-13,16-19,22,31H,5,7,9,11,14-15H2,1-4H3. The van der Waals surface area contributed by atoms with Gasteiger partial charge in [-0.15, -0.1) is 11.3 Å². The van der Waals surface area contributed by atoms with Crippen molar-refractivity contribution in [3.05, 3.63) is 64.9 Å². The number of pyridine rings is 1. The quantitative estimate of drug-likeness (QED) is 0.293. The van der Waals surface area contributed by atoms with Crippen molar-refractivity contribution in [1.29, 1.82) is 0 Å². The number of carbonyl (C=O) groups is 2. The third kappa shape index (κ3) is 5.99. The van der Waals surface area contributed by atoms with Gasteiger partial charge in [0.15, 0.2) is 0 Å². The summed E-state index contributed by atoms with van der Waals surface area (Å²) in [6.07, 6.45) is 8.36. The number of carbonyl (C=O) groups excluding carboxylic acids is 2. The molecule has 0 aliphatic carbocycles. The number of amides is 2. The number of rotatable bonds is 11. The SMILES string of the molecule is CCN1C(=O)C(C)(C)C(=O)N(C)c2cc(OCCCNC(CCc3cccnc3)c3cncs3)ccc21. The number of ether oxygens (including phenoxy) is 1. The highest BCUT2D eigenvalue weighted by molar-refractivity contribution is 7.09. The highest BCUT2D eigenvalue weighted by atomic mass is 32.1. The lowest BCUT2D eigenvalue weighted by Gasteiger charge is -2.27. The molecule has 1 atom stereocenters. The number of hydrogen-bond donors (Lipinski definition) is 1. The van der Waals surface area contributed by atoms with E-state index in [0.717, 1.165) is 31.5 Å². The molecule has 0 fully saturated rings. The molecule has 3 heterocycles. The van der Waals surface area contributed by atoms with Crippen LogP contribution in [0.15, 0.2) is 54.4 Å². The number of hydrogen-bond acceptors (Lipinski definition) is 7. The molecule has 4 rings (SSSR count). The molecular formula is C28H35N5O3S. The third-order valence-corrected chi connectivity index (χ3v) is 7.64. The summed E-state index contributed by atoms with van der Waals surface area (Å²) in [5.74, 6) is 0.262. The fourth-order valence-electron chi connectivity index (χ4n) is 4.61. The monoisotopic (exact) mass is 521 g/mol. The van der Waals surface area contributed by atoms with Gasteiger partial charge in [-0.1, -0.05) is 6.07 Å². The van der Waals surface area contributed by atoms with Crippen molar-refractivity contribution in [3.63, 3.8) is 0 Å². The zero-order valence-electron chi connectivity index (χ0n) is 21.9. The van der Waals surface area contributed by atoms with Crippen LogP contribution in [0.2, 0.25) is 0 Å². The predicted molar refractivity (Wildman–Crippen MR) is 147 cm³/mol. The minimum Gasteiger partial charge on any atom is -0.493 e. The first-order valence-corrected chi connectivity index (χ1v) is 13.6. The fraction of sp³-hybridized carbons (Fsp3) is 0.429. The van der Waals surface area contributed by atoms with Crippen LogP contribution in [-0.4, -0.2) is 48.5 Å². The average Bonchev–Trinajstić information content (AvgIpc) is 3.44. The van der Waals surface area contributed by atoms with Gasteiger partial charge < -0.3 is 19.9 Å². The van der Waals surface area contributed by atoms with Gasteiger partial charge in [0, 0.05) is 49.2 Å². The first-order valence-electron chi connectivity index (χ1n) is 12.7. The Balaban J connectivity index is 1.34. The van der Waals surface area contributed by atoms with Crippen LogP contribution >= 0.6 is 11.3 Å². The van der Waals surface area contributed by atoms with Crippen molar-refractivity contribution in [2.75, 3.05) is 36.5 Å². The molecule has 1 aromatic carbocycles. The van der Waals surface area contributed by atoms with Crippen molar-refractivity contribution < 1.29 is 14.3 Å². The summed E-state index contributed by atoms with van der Waals surface area (Å²) >= 11 is 1.66. The zero-order valence-corrected chi connectivity index (χ0v) is 22.8. The summed E-state index contributed by atoms with van der Waals surface area (Å²) < 4.78 is 6.05. The zero-order chi connectivity index (χ0) is 26.4. The number of aryl methyl sites for hydroxylation is 1. The first kappa shape index (κ1) is 26.8. The maximum atomic E-state index is 13.0. The van der Waals surface area contributed by atoms with E-state index in [9.17, 15) is 9.59 Å². The van der Waals surface area contributed by atoms with E-state index in [2.05, 4.69) is 21.4 Å². The molecule has 0 saturated heterocycles. The van der Waals surface area contributed by atoms with Crippen LogP contribution in [0.1, 0.15) is 50.1 Å². The highest BCUT2D eigenvalue weighted by Gasteiger charge is 2.45. The molecule has 0 radical (unpaired) electrons. The average molecular weight is 522 g/mol. The smallest absolute Gasteiger partial charge is 0.242 e. The van der Waals surface area contributed by atoms with Gasteiger partial charge in [-0.25, -0.2) is 0 Å². The van der Waals surface area contributed by atoms with Crippen molar-refractivity contribution >= 4 is 34.5 Å². The maximum absolute atomic E-state index is 13.0. The van der Waals surface area contributed by atoms with Gasteiger partial charge in [-0.2, -0.15) is 0 Å². The number of anilines is 2. The lowest BCUT2D eigenvalue weighted by atomic mass is 9.90. The van der Waals surface area contributed by atoms with Crippen LogP contribution in [-0.2, 0) is 16.0 Å². The number of fused-ring (bicyclic) bond motifs is 1. The molecule has 9 heteroatoms. The van der Waals surface area contributed by atoms with Crippen LogP contribution in [0, 0.1) is 5.41 Å². The molecule has 196 valence electrons. The molecular weight excluding hydrogens is 486 g/mol. The van der Waals surface area contributed by atoms with Gasteiger partial charge in [0.05, 0.1) is 23.5 Å². The van der Waals surface area contributed by atoms with Gasteiger partial charge >= 0.3 is 0 Å². The molecule has 1 unspecified atom stereocenters. The summed E-state index contributed by atoms with van der Waals surface area (Å²) in [6.45, 7) is 7.10. The van der Waals surface area contributed by atoms with Crippen LogP contribution in [0.5, 0.6) is 5.75 Å². The van der Waals surface area contributed by atoms with Crippen molar-refractivity contribution in [1.82, 2.24) is 15.3 Å². The van der Waals surface area contributed by atoms with Crippen LogP contribution < -0.4 is 19.9 Å². The summed E-state index contributed by atoms with van der Waals surface area (Å²) in [5.41, 5.74) is 3.37. The lowest BCUT2D eigenvalue weighted by Crippen LogP contribution is -2.47. The van der Waals surface area contributed by atoms with E-state index in [0.29, 0.717) is 24.6 Å². The van der Waals surface area contributed by atoms with Crippen LogP contribution in [0.4, 0.5) is 11.4 Å². The van der Waals surface area contributed by atoms with Gasteiger partial charge in [0.1, 0.15) is 11.2 Å². The van der Waals surface area contributed by atoms with E-state index in [1.807, 2.05) is 49.1 Å². The molecule has 0 bridgehead atoms. The van der Waals surface area contributed by atoms with Gasteiger partial charge in [0.2, 0.25) is 11.8 Å². The first-order chi connectivity index (χ1) is 17.8. The Bertz CT molecular complexity index is 1200. The molecule has 2 aromatic heterocycles. The molecule has 3 aromatic rings. The normalized spacial score (nSPS) is 15.9. The van der Waals surface area contributed by atoms with Crippen molar-refractivity contribution in [2.24, 2.45) is 5.41 Å². The van der Waals surface area contributed by atoms with E-state index in [4.69, 9.17) is 4.74 Å². The highest BCUT2D eigenvalue weighted by Crippen LogP contribution is 2.40. The van der Waals surface area contributed by atoms with Gasteiger partial charge in [-0.3, -0.25) is 19.6 Å².